The van der Waals surface area contributed by atoms with E-state index in [9.17, 15) is 18.0 Å². The second-order valence-corrected chi connectivity index (χ2v) is 7.32. The summed E-state index contributed by atoms with van der Waals surface area (Å²) < 4.78 is 27.8. The maximum atomic E-state index is 12.6. The zero-order valence-corrected chi connectivity index (χ0v) is 12.9. The summed E-state index contributed by atoms with van der Waals surface area (Å²) in [5, 5.41) is 9.11. The number of sulfonamides is 1. The summed E-state index contributed by atoms with van der Waals surface area (Å²) in [5.41, 5.74) is -0.907. The predicted molar refractivity (Wildman–Crippen MR) is 80.2 cm³/mol. The van der Waals surface area contributed by atoms with Gasteiger partial charge in [-0.1, -0.05) is 37.5 Å². The van der Waals surface area contributed by atoms with Gasteiger partial charge in [0.25, 0.3) is 0 Å². The van der Waals surface area contributed by atoms with Crippen LogP contribution in [-0.2, 0) is 14.8 Å². The molecule has 2 N–H and O–H groups in total. The van der Waals surface area contributed by atoms with Crippen molar-refractivity contribution in [3.8, 4) is 0 Å². The number of carboxylic acid groups (broad SMARTS) is 1. The second kappa shape index (κ2) is 6.58. The highest BCUT2D eigenvalue weighted by atomic mass is 32.2. The molecule has 1 aromatic rings. The van der Waals surface area contributed by atoms with Gasteiger partial charge in [-0.25, -0.2) is 13.1 Å². The highest BCUT2D eigenvalue weighted by Gasteiger charge is 2.38. The van der Waals surface area contributed by atoms with Crippen molar-refractivity contribution in [2.45, 2.75) is 49.0 Å². The minimum Gasteiger partial charge on any atom is -0.481 e. The van der Waals surface area contributed by atoms with E-state index in [1.54, 1.807) is 6.07 Å². The zero-order chi connectivity index (χ0) is 16.2. The number of carboxylic acids is 1. The summed E-state index contributed by atoms with van der Waals surface area (Å²) >= 11 is 0. The first-order valence-electron chi connectivity index (χ1n) is 7.19. The lowest BCUT2D eigenvalue weighted by Crippen LogP contribution is -2.51. The molecule has 0 saturated heterocycles. The van der Waals surface area contributed by atoms with E-state index in [2.05, 4.69) is 4.72 Å². The molecular weight excluding hydrogens is 306 g/mol. The molecule has 0 amide bonds. The molecule has 7 heteroatoms. The maximum Gasteiger partial charge on any atom is 0.305 e. The molecule has 1 saturated carbocycles. The number of nitrogens with one attached hydrogen (secondary N) is 1. The Morgan fingerprint density at radius 2 is 1.86 bits per heavy atom. The molecule has 2 rings (SSSR count). The largest absolute Gasteiger partial charge is 0.481 e. The van der Waals surface area contributed by atoms with E-state index in [-0.39, 0.29) is 16.9 Å². The molecular formula is C15H19NO5S. The first-order valence-corrected chi connectivity index (χ1v) is 8.67. The highest BCUT2D eigenvalue weighted by molar-refractivity contribution is 7.89. The van der Waals surface area contributed by atoms with Crippen molar-refractivity contribution >= 4 is 22.3 Å². The van der Waals surface area contributed by atoms with E-state index in [0.717, 1.165) is 19.3 Å². The third-order valence-corrected chi connectivity index (χ3v) is 5.64. The number of hydrogen-bond donors (Lipinski definition) is 2. The molecule has 0 aromatic heterocycles. The van der Waals surface area contributed by atoms with Gasteiger partial charge in [-0.2, -0.15) is 0 Å². The van der Waals surface area contributed by atoms with Crippen molar-refractivity contribution in [2.75, 3.05) is 0 Å². The van der Waals surface area contributed by atoms with Gasteiger partial charge in [-0.15, -0.1) is 0 Å². The molecule has 0 heterocycles. The van der Waals surface area contributed by atoms with Crippen molar-refractivity contribution in [3.63, 3.8) is 0 Å². The number of aldehydes is 1. The van der Waals surface area contributed by atoms with Gasteiger partial charge in [-0.05, 0) is 18.9 Å². The second-order valence-electron chi connectivity index (χ2n) is 5.67. The number of aliphatic carboxylic acids is 1. The molecule has 1 aliphatic carbocycles. The van der Waals surface area contributed by atoms with E-state index in [1.165, 1.54) is 18.2 Å². The first kappa shape index (κ1) is 16.6. The van der Waals surface area contributed by atoms with Crippen LogP contribution >= 0.6 is 0 Å². The van der Waals surface area contributed by atoms with Gasteiger partial charge in [-0.3, -0.25) is 9.59 Å². The lowest BCUT2D eigenvalue weighted by molar-refractivity contribution is -0.138. The van der Waals surface area contributed by atoms with Crippen LogP contribution in [0.1, 0.15) is 48.9 Å². The van der Waals surface area contributed by atoms with Crippen molar-refractivity contribution in [2.24, 2.45) is 0 Å². The van der Waals surface area contributed by atoms with Crippen LogP contribution in [0.4, 0.5) is 0 Å². The Labute approximate surface area is 129 Å². The van der Waals surface area contributed by atoms with Crippen LogP contribution in [0.2, 0.25) is 0 Å². The summed E-state index contributed by atoms with van der Waals surface area (Å²) in [6, 6.07) is 5.89. The fraction of sp³-hybridized carbons (Fsp3) is 0.467. The number of carbonyl (C=O) groups excluding carboxylic acids is 1. The molecule has 22 heavy (non-hydrogen) atoms. The van der Waals surface area contributed by atoms with Crippen LogP contribution in [0.3, 0.4) is 0 Å². The quantitative estimate of drug-likeness (QED) is 0.779. The third kappa shape index (κ3) is 3.72. The first-order chi connectivity index (χ1) is 10.4. The molecule has 0 aliphatic heterocycles. The van der Waals surface area contributed by atoms with E-state index in [0.29, 0.717) is 19.1 Å². The van der Waals surface area contributed by atoms with Crippen LogP contribution in [-0.4, -0.2) is 31.3 Å². The van der Waals surface area contributed by atoms with Crippen molar-refractivity contribution in [1.29, 1.82) is 0 Å². The lowest BCUT2D eigenvalue weighted by Gasteiger charge is -2.36. The Balaban J connectivity index is 2.35. The smallest absolute Gasteiger partial charge is 0.305 e. The fourth-order valence-corrected chi connectivity index (χ4v) is 4.64. The van der Waals surface area contributed by atoms with Gasteiger partial charge in [0.2, 0.25) is 10.0 Å². The van der Waals surface area contributed by atoms with Crippen LogP contribution < -0.4 is 4.72 Å². The van der Waals surface area contributed by atoms with Crippen molar-refractivity contribution in [3.05, 3.63) is 29.8 Å². The number of rotatable bonds is 6. The van der Waals surface area contributed by atoms with Gasteiger partial charge in [0.15, 0.2) is 6.29 Å². The van der Waals surface area contributed by atoms with E-state index in [4.69, 9.17) is 5.11 Å². The van der Waals surface area contributed by atoms with Gasteiger partial charge >= 0.3 is 5.97 Å². The van der Waals surface area contributed by atoms with Gasteiger partial charge in [0, 0.05) is 11.1 Å². The van der Waals surface area contributed by atoms with Crippen LogP contribution in [0.15, 0.2) is 29.2 Å². The Morgan fingerprint density at radius 1 is 1.23 bits per heavy atom. The summed E-state index contributed by atoms with van der Waals surface area (Å²) in [6.45, 7) is 0. The lowest BCUT2D eigenvalue weighted by atomic mass is 9.80. The Hall–Kier alpha value is -1.73. The molecule has 6 nitrogen and oxygen atoms in total. The molecule has 120 valence electrons. The third-order valence-electron chi connectivity index (χ3n) is 3.99. The Morgan fingerprint density at radius 3 is 2.45 bits per heavy atom. The van der Waals surface area contributed by atoms with Gasteiger partial charge in [0.05, 0.1) is 11.3 Å². The van der Waals surface area contributed by atoms with Crippen molar-refractivity contribution < 1.29 is 23.1 Å². The van der Waals surface area contributed by atoms with E-state index in [1.807, 2.05) is 0 Å². The molecule has 0 radical (unpaired) electrons. The van der Waals surface area contributed by atoms with E-state index < -0.39 is 21.5 Å². The summed E-state index contributed by atoms with van der Waals surface area (Å²) in [7, 11) is -3.95. The minimum absolute atomic E-state index is 0.0660. The molecule has 1 aliphatic rings. The number of hydrogen-bond acceptors (Lipinski definition) is 4. The highest BCUT2D eigenvalue weighted by Crippen LogP contribution is 2.33. The van der Waals surface area contributed by atoms with Gasteiger partial charge in [0.1, 0.15) is 0 Å². The van der Waals surface area contributed by atoms with Crippen molar-refractivity contribution in [1.82, 2.24) is 4.72 Å². The molecule has 1 fully saturated rings. The predicted octanol–water partition coefficient (Wildman–Crippen LogP) is 1.95. The average Bonchev–Trinajstić information content (AvgIpc) is 2.46. The summed E-state index contributed by atoms with van der Waals surface area (Å²) in [4.78, 5) is 22.1. The maximum absolute atomic E-state index is 12.6. The monoisotopic (exact) mass is 325 g/mol. The normalized spacial score (nSPS) is 17.8. The topological polar surface area (TPSA) is 101 Å². The SMILES string of the molecule is O=Cc1ccccc1S(=O)(=O)NC1(CC(=O)O)CCCCC1. The summed E-state index contributed by atoms with van der Waals surface area (Å²) in [6.07, 6.45) is 3.74. The Bertz CT molecular complexity index is 662. The van der Waals surface area contributed by atoms with E-state index >= 15 is 0 Å². The average molecular weight is 325 g/mol. The van der Waals surface area contributed by atoms with Crippen LogP contribution in [0, 0.1) is 0 Å². The number of benzene rings is 1. The molecule has 0 spiro atoms. The Kier molecular flexibility index (Phi) is 4.97. The van der Waals surface area contributed by atoms with Gasteiger partial charge < -0.3 is 5.11 Å². The fourth-order valence-electron chi connectivity index (χ4n) is 3.00. The summed E-state index contributed by atoms with van der Waals surface area (Å²) in [5.74, 6) is -1.03. The molecule has 0 bridgehead atoms. The molecule has 0 unspecified atom stereocenters. The minimum atomic E-state index is -3.95. The number of carbonyl (C=O) groups is 2. The molecule has 0 atom stereocenters. The molecule has 1 aromatic carbocycles. The standard InChI is InChI=1S/C15H19NO5S/c17-11-12-6-2-3-7-13(12)22(20,21)16-15(10-14(18)19)8-4-1-5-9-15/h2-3,6-7,11,16H,1,4-5,8-10H2,(H,18,19). The van der Waals surface area contributed by atoms with Crippen LogP contribution in [0.25, 0.3) is 0 Å². The van der Waals surface area contributed by atoms with Crippen LogP contribution in [0.5, 0.6) is 0 Å². The zero-order valence-electron chi connectivity index (χ0n) is 12.1.